The number of anilines is 1. The van der Waals surface area contributed by atoms with E-state index in [1.165, 1.54) is 16.3 Å². The van der Waals surface area contributed by atoms with E-state index in [4.69, 9.17) is 11.6 Å². The number of pyridine rings is 1. The number of carbonyl (C=O) groups is 1. The van der Waals surface area contributed by atoms with Gasteiger partial charge in [-0.15, -0.1) is 0 Å². The first-order valence-electron chi connectivity index (χ1n) is 8.90. The Balaban J connectivity index is 1.55. The first-order valence-corrected chi connectivity index (χ1v) is 10.3. The minimum atomic E-state index is -0.677. The largest absolute Gasteiger partial charge is 0.334 e. The topological polar surface area (TPSA) is 96.8 Å². The molecule has 2 heterocycles. The summed E-state index contributed by atoms with van der Waals surface area (Å²) >= 11 is 7.27. The van der Waals surface area contributed by atoms with Crippen LogP contribution in [0.3, 0.4) is 0 Å². The Hall–Kier alpha value is -3.36. The van der Waals surface area contributed by atoms with Gasteiger partial charge in [-0.1, -0.05) is 53.7 Å². The van der Waals surface area contributed by atoms with Crippen LogP contribution in [0, 0.1) is 0 Å². The van der Waals surface area contributed by atoms with Crippen molar-refractivity contribution < 1.29 is 4.79 Å². The van der Waals surface area contributed by atoms with Crippen molar-refractivity contribution in [2.45, 2.75) is 5.03 Å². The second kappa shape index (κ2) is 8.56. The normalized spacial score (nSPS) is 10.8. The van der Waals surface area contributed by atoms with Crippen LogP contribution in [0.2, 0.25) is 5.02 Å². The highest BCUT2D eigenvalue weighted by atomic mass is 35.5. The van der Waals surface area contributed by atoms with Crippen LogP contribution in [-0.2, 0) is 4.79 Å². The van der Waals surface area contributed by atoms with Crippen LogP contribution in [0.15, 0.2) is 81.3 Å². The predicted octanol–water partition coefficient (Wildman–Crippen LogP) is 3.46. The first kappa shape index (κ1) is 19.9. The molecule has 30 heavy (non-hydrogen) atoms. The summed E-state index contributed by atoms with van der Waals surface area (Å²) in [4.78, 5) is 43.4. The van der Waals surface area contributed by atoms with E-state index in [1.54, 1.807) is 24.3 Å². The Bertz CT molecular complexity index is 1370. The molecule has 0 radical (unpaired) electrons. The number of H-pyrrole nitrogens is 1. The Morgan fingerprint density at radius 2 is 1.90 bits per heavy atom. The second-order valence-corrected chi connectivity index (χ2v) is 7.75. The maximum absolute atomic E-state index is 12.5. The van der Waals surface area contributed by atoms with Gasteiger partial charge in [0.2, 0.25) is 5.91 Å². The van der Waals surface area contributed by atoms with Crippen LogP contribution >= 0.6 is 23.4 Å². The lowest BCUT2D eigenvalue weighted by Crippen LogP contribution is -2.32. The van der Waals surface area contributed by atoms with Gasteiger partial charge in [0, 0.05) is 16.5 Å². The number of para-hydroxylation sites is 1. The van der Waals surface area contributed by atoms with Crippen molar-refractivity contribution in [1.29, 1.82) is 0 Å². The molecule has 0 bridgehead atoms. The molecule has 2 aromatic heterocycles. The van der Waals surface area contributed by atoms with E-state index in [0.717, 1.165) is 17.0 Å². The molecule has 0 spiro atoms. The maximum atomic E-state index is 12.5. The van der Waals surface area contributed by atoms with Gasteiger partial charge in [0.25, 0.3) is 5.56 Å². The fraction of sp³-hybridized carbons (Fsp3) is 0.0476. The summed E-state index contributed by atoms with van der Waals surface area (Å²) in [6.07, 6.45) is 0. The molecule has 0 aliphatic rings. The quantitative estimate of drug-likeness (QED) is 0.465. The van der Waals surface area contributed by atoms with Crippen LogP contribution in [0.4, 0.5) is 5.82 Å². The maximum Gasteiger partial charge on any atom is 0.334 e. The van der Waals surface area contributed by atoms with Gasteiger partial charge in [-0.25, -0.2) is 14.3 Å². The number of nitrogens with zero attached hydrogens (tertiary/aromatic N) is 2. The van der Waals surface area contributed by atoms with Crippen LogP contribution in [0.5, 0.6) is 0 Å². The number of halogens is 1. The number of hydrogen-bond donors (Lipinski definition) is 2. The van der Waals surface area contributed by atoms with E-state index in [-0.39, 0.29) is 17.5 Å². The van der Waals surface area contributed by atoms with E-state index in [2.05, 4.69) is 15.3 Å². The minimum absolute atomic E-state index is 0.0574. The molecule has 9 heteroatoms. The molecule has 0 fully saturated rings. The van der Waals surface area contributed by atoms with Crippen molar-refractivity contribution in [3.63, 3.8) is 0 Å². The van der Waals surface area contributed by atoms with E-state index in [0.29, 0.717) is 15.7 Å². The average molecular weight is 439 g/mol. The fourth-order valence-electron chi connectivity index (χ4n) is 2.91. The van der Waals surface area contributed by atoms with E-state index < -0.39 is 11.2 Å². The van der Waals surface area contributed by atoms with Crippen LogP contribution in [0.25, 0.3) is 16.6 Å². The summed E-state index contributed by atoms with van der Waals surface area (Å²) in [6.45, 7) is 0. The fourth-order valence-corrected chi connectivity index (χ4v) is 3.77. The molecule has 1 amide bonds. The van der Waals surface area contributed by atoms with Crippen molar-refractivity contribution in [2.75, 3.05) is 11.1 Å². The summed E-state index contributed by atoms with van der Waals surface area (Å²) in [5.41, 5.74) is -0.0310. The standard InChI is InChI=1S/C21H15ClN4O3S/c22-14-5-3-6-15(10-14)26-17(11-18(27)25-21(26)29)24-19(28)12-30-20-9-8-13-4-1-2-7-16(13)23-20/h1-11H,12H2,(H,24,28)(H,25,27,29). The first-order chi connectivity index (χ1) is 14.5. The Morgan fingerprint density at radius 3 is 2.73 bits per heavy atom. The number of amides is 1. The van der Waals surface area contributed by atoms with Gasteiger partial charge in [-0.05, 0) is 30.3 Å². The van der Waals surface area contributed by atoms with Crippen molar-refractivity contribution in [2.24, 2.45) is 0 Å². The summed E-state index contributed by atoms with van der Waals surface area (Å²) < 4.78 is 1.18. The molecule has 0 aliphatic carbocycles. The summed E-state index contributed by atoms with van der Waals surface area (Å²) in [7, 11) is 0. The average Bonchev–Trinajstić information content (AvgIpc) is 2.71. The summed E-state index contributed by atoms with van der Waals surface area (Å²) in [5, 5.41) is 4.76. The number of nitrogens with one attached hydrogen (secondary N) is 2. The highest BCUT2D eigenvalue weighted by Crippen LogP contribution is 2.21. The van der Waals surface area contributed by atoms with Crippen molar-refractivity contribution in [3.8, 4) is 5.69 Å². The zero-order chi connectivity index (χ0) is 21.1. The molecule has 7 nitrogen and oxygen atoms in total. The minimum Gasteiger partial charge on any atom is -0.311 e. The van der Waals surface area contributed by atoms with E-state index in [1.807, 2.05) is 36.4 Å². The van der Waals surface area contributed by atoms with Crippen molar-refractivity contribution >= 4 is 46.0 Å². The number of benzene rings is 2. The molecule has 4 rings (SSSR count). The van der Waals surface area contributed by atoms with Crippen molar-refractivity contribution in [1.82, 2.24) is 14.5 Å². The molecule has 0 saturated carbocycles. The summed E-state index contributed by atoms with van der Waals surface area (Å²) in [6, 6.07) is 19.2. The van der Waals surface area contributed by atoms with E-state index >= 15 is 0 Å². The van der Waals surface area contributed by atoms with Gasteiger partial charge >= 0.3 is 5.69 Å². The Labute approximate surface area is 179 Å². The molecular weight excluding hydrogens is 424 g/mol. The number of fused-ring (bicyclic) bond motifs is 1. The molecule has 150 valence electrons. The van der Waals surface area contributed by atoms with Gasteiger partial charge in [0.1, 0.15) is 5.82 Å². The molecular formula is C21H15ClN4O3S. The van der Waals surface area contributed by atoms with Crippen molar-refractivity contribution in [3.05, 3.63) is 92.6 Å². The molecule has 2 N–H and O–H groups in total. The lowest BCUT2D eigenvalue weighted by molar-refractivity contribution is -0.113. The third kappa shape index (κ3) is 4.45. The summed E-state index contributed by atoms with van der Waals surface area (Å²) in [5.74, 6) is -0.263. The van der Waals surface area contributed by atoms with Crippen LogP contribution in [-0.4, -0.2) is 26.2 Å². The van der Waals surface area contributed by atoms with Gasteiger partial charge in [-0.2, -0.15) is 0 Å². The monoisotopic (exact) mass is 438 g/mol. The number of hydrogen-bond acceptors (Lipinski definition) is 5. The highest BCUT2D eigenvalue weighted by molar-refractivity contribution is 7.99. The molecule has 4 aromatic rings. The number of rotatable bonds is 5. The zero-order valence-corrected chi connectivity index (χ0v) is 17.0. The second-order valence-electron chi connectivity index (χ2n) is 6.32. The zero-order valence-electron chi connectivity index (χ0n) is 15.5. The lowest BCUT2D eigenvalue weighted by Gasteiger charge is -2.13. The third-order valence-corrected chi connectivity index (χ3v) is 5.36. The Morgan fingerprint density at radius 1 is 1.07 bits per heavy atom. The number of thioether (sulfide) groups is 1. The number of carbonyl (C=O) groups excluding carboxylic acids is 1. The highest BCUT2D eigenvalue weighted by Gasteiger charge is 2.13. The third-order valence-electron chi connectivity index (χ3n) is 4.20. The van der Waals surface area contributed by atoms with Crippen LogP contribution in [0.1, 0.15) is 0 Å². The lowest BCUT2D eigenvalue weighted by atomic mass is 10.2. The Kier molecular flexibility index (Phi) is 5.69. The van der Waals surface area contributed by atoms with Crippen LogP contribution < -0.4 is 16.6 Å². The number of aromatic amines is 1. The van der Waals surface area contributed by atoms with Gasteiger partial charge < -0.3 is 5.32 Å². The number of aromatic nitrogens is 3. The molecule has 0 atom stereocenters. The molecule has 0 unspecified atom stereocenters. The van der Waals surface area contributed by atoms with Gasteiger partial charge in [-0.3, -0.25) is 14.6 Å². The van der Waals surface area contributed by atoms with E-state index in [9.17, 15) is 14.4 Å². The van der Waals surface area contributed by atoms with Gasteiger partial charge in [0.15, 0.2) is 0 Å². The van der Waals surface area contributed by atoms with Gasteiger partial charge in [0.05, 0.1) is 22.0 Å². The molecule has 2 aromatic carbocycles. The molecule has 0 aliphatic heterocycles. The predicted molar refractivity (Wildman–Crippen MR) is 119 cm³/mol. The molecule has 0 saturated heterocycles. The smallest absolute Gasteiger partial charge is 0.311 e. The SMILES string of the molecule is O=C(CSc1ccc2ccccc2n1)Nc1cc(=O)[nH]c(=O)n1-c1cccc(Cl)c1.